The highest BCUT2D eigenvalue weighted by Crippen LogP contribution is 2.18. The van der Waals surface area contributed by atoms with E-state index in [0.717, 1.165) is 6.54 Å². The summed E-state index contributed by atoms with van der Waals surface area (Å²) in [4.78, 5) is 0. The fourth-order valence-electron chi connectivity index (χ4n) is 1.98. The van der Waals surface area contributed by atoms with E-state index in [1.807, 2.05) is 13.8 Å². The summed E-state index contributed by atoms with van der Waals surface area (Å²) in [5.41, 5.74) is 0. The van der Waals surface area contributed by atoms with E-state index >= 15 is 0 Å². The first-order valence-corrected chi connectivity index (χ1v) is 7.32. The second kappa shape index (κ2) is 5.95. The smallest absolute Gasteiger partial charge is 0.218 e. The molecule has 1 saturated heterocycles. The number of nitrogens with one attached hydrogen (secondary N) is 1. The van der Waals surface area contributed by atoms with Gasteiger partial charge >= 0.3 is 0 Å². The Morgan fingerprint density at radius 1 is 1.50 bits per heavy atom. The van der Waals surface area contributed by atoms with Crippen molar-refractivity contribution in [2.45, 2.75) is 38.0 Å². The third-order valence-electron chi connectivity index (χ3n) is 2.88. The van der Waals surface area contributed by atoms with Gasteiger partial charge in [0.05, 0.1) is 5.25 Å². The molecule has 0 aromatic carbocycles. The summed E-state index contributed by atoms with van der Waals surface area (Å²) in [6, 6.07) is -0.0443. The number of sulfonamides is 1. The van der Waals surface area contributed by atoms with E-state index in [1.165, 1.54) is 4.31 Å². The van der Waals surface area contributed by atoms with E-state index in [4.69, 9.17) is 5.11 Å². The zero-order valence-corrected chi connectivity index (χ0v) is 10.8. The third-order valence-corrected chi connectivity index (χ3v) is 5.38. The molecule has 1 rings (SSSR count). The van der Waals surface area contributed by atoms with Crippen molar-refractivity contribution in [3.8, 4) is 0 Å². The lowest BCUT2D eigenvalue weighted by atomic mass is 10.3. The van der Waals surface area contributed by atoms with Crippen LogP contribution < -0.4 is 5.32 Å². The van der Waals surface area contributed by atoms with Crippen molar-refractivity contribution in [2.75, 3.05) is 26.2 Å². The molecule has 1 fully saturated rings. The molecule has 6 heteroatoms. The van der Waals surface area contributed by atoms with Crippen molar-refractivity contribution in [3.63, 3.8) is 0 Å². The molecular weight excluding hydrogens is 228 g/mol. The normalized spacial score (nSPS) is 22.2. The van der Waals surface area contributed by atoms with Crippen LogP contribution in [0.15, 0.2) is 0 Å². The maximum absolute atomic E-state index is 12.3. The molecule has 1 atom stereocenters. The Balaban J connectivity index is 2.74. The number of aliphatic hydroxyl groups excluding tert-OH is 1. The van der Waals surface area contributed by atoms with Crippen LogP contribution in [0.3, 0.4) is 0 Å². The van der Waals surface area contributed by atoms with Gasteiger partial charge in [0.1, 0.15) is 0 Å². The van der Waals surface area contributed by atoms with Crippen LogP contribution in [0, 0.1) is 0 Å². The minimum absolute atomic E-state index is 0.0294. The van der Waals surface area contributed by atoms with Crippen molar-refractivity contribution in [2.24, 2.45) is 0 Å². The Hall–Kier alpha value is -0.170. The van der Waals surface area contributed by atoms with Crippen molar-refractivity contribution < 1.29 is 13.5 Å². The Labute approximate surface area is 97.9 Å². The monoisotopic (exact) mass is 250 g/mol. The fourth-order valence-corrected chi connectivity index (χ4v) is 4.08. The van der Waals surface area contributed by atoms with E-state index in [1.54, 1.807) is 0 Å². The minimum Gasteiger partial charge on any atom is -0.396 e. The van der Waals surface area contributed by atoms with Crippen LogP contribution in [-0.2, 0) is 10.0 Å². The average Bonchev–Trinajstić information content (AvgIpc) is 2.70. The van der Waals surface area contributed by atoms with Gasteiger partial charge in [-0.1, -0.05) is 0 Å². The average molecular weight is 250 g/mol. The van der Waals surface area contributed by atoms with Gasteiger partial charge in [0.15, 0.2) is 0 Å². The largest absolute Gasteiger partial charge is 0.396 e. The lowest BCUT2D eigenvalue weighted by Gasteiger charge is -2.28. The van der Waals surface area contributed by atoms with E-state index in [-0.39, 0.29) is 17.9 Å². The number of hydrogen-bond donors (Lipinski definition) is 2. The van der Waals surface area contributed by atoms with Crippen LogP contribution in [0.1, 0.15) is 26.7 Å². The van der Waals surface area contributed by atoms with Crippen molar-refractivity contribution in [3.05, 3.63) is 0 Å². The summed E-state index contributed by atoms with van der Waals surface area (Å²) < 4.78 is 26.1. The van der Waals surface area contributed by atoms with Crippen LogP contribution in [0.5, 0.6) is 0 Å². The van der Waals surface area contributed by atoms with Crippen molar-refractivity contribution in [1.29, 1.82) is 0 Å². The quantitative estimate of drug-likeness (QED) is 0.683. The Kier molecular flexibility index (Phi) is 5.17. The number of rotatable bonds is 6. The zero-order chi connectivity index (χ0) is 12.2. The first-order chi connectivity index (χ1) is 7.50. The molecule has 0 aromatic heterocycles. The molecule has 0 radical (unpaired) electrons. The molecule has 96 valence electrons. The van der Waals surface area contributed by atoms with Crippen LogP contribution in [-0.4, -0.2) is 55.4 Å². The zero-order valence-electron chi connectivity index (χ0n) is 10.0. The van der Waals surface area contributed by atoms with Gasteiger partial charge in [-0.25, -0.2) is 8.42 Å². The molecular formula is C10H22N2O3S. The summed E-state index contributed by atoms with van der Waals surface area (Å²) in [6.45, 7) is 5.50. The molecule has 1 unspecified atom stereocenters. The van der Waals surface area contributed by atoms with E-state index in [9.17, 15) is 8.42 Å². The highest BCUT2D eigenvalue weighted by molar-refractivity contribution is 7.89. The maximum Gasteiger partial charge on any atom is 0.218 e. The molecule has 0 spiro atoms. The van der Waals surface area contributed by atoms with Gasteiger partial charge in [-0.2, -0.15) is 4.31 Å². The Morgan fingerprint density at radius 3 is 2.62 bits per heavy atom. The summed E-state index contributed by atoms with van der Waals surface area (Å²) in [5, 5.41) is 11.6. The standard InChI is InChI=1S/C10H22N2O3S/c1-9(2)12(6-3-7-13)16(14,15)10-4-5-11-8-10/h9-11,13H,3-8H2,1-2H3. The molecule has 0 aromatic rings. The third kappa shape index (κ3) is 3.16. The molecule has 16 heavy (non-hydrogen) atoms. The molecule has 1 heterocycles. The van der Waals surface area contributed by atoms with Crippen molar-refractivity contribution in [1.82, 2.24) is 9.62 Å². The predicted molar refractivity (Wildman–Crippen MR) is 63.7 cm³/mol. The van der Waals surface area contributed by atoms with Gasteiger partial charge in [0.25, 0.3) is 0 Å². The highest BCUT2D eigenvalue weighted by atomic mass is 32.2. The van der Waals surface area contributed by atoms with Crippen LogP contribution in [0.2, 0.25) is 0 Å². The van der Waals surface area contributed by atoms with Crippen LogP contribution in [0.4, 0.5) is 0 Å². The number of hydrogen-bond acceptors (Lipinski definition) is 4. The van der Waals surface area contributed by atoms with Gasteiger partial charge in [-0.05, 0) is 33.2 Å². The SMILES string of the molecule is CC(C)N(CCCO)S(=O)(=O)C1CCNC1. The lowest BCUT2D eigenvalue weighted by Crippen LogP contribution is -2.44. The molecule has 2 N–H and O–H groups in total. The predicted octanol–water partition coefficient (Wildman–Crippen LogP) is -0.229. The first-order valence-electron chi connectivity index (χ1n) is 5.82. The molecule has 0 amide bonds. The summed E-state index contributed by atoms with van der Waals surface area (Å²) in [6.07, 6.45) is 1.18. The molecule has 1 aliphatic heterocycles. The fraction of sp³-hybridized carbons (Fsp3) is 1.00. The van der Waals surface area contributed by atoms with Crippen molar-refractivity contribution >= 4 is 10.0 Å². The van der Waals surface area contributed by atoms with Gasteiger partial charge in [0, 0.05) is 25.7 Å². The molecule has 0 aliphatic carbocycles. The van der Waals surface area contributed by atoms with E-state index in [0.29, 0.717) is 25.9 Å². The van der Waals surface area contributed by atoms with Gasteiger partial charge < -0.3 is 10.4 Å². The lowest BCUT2D eigenvalue weighted by molar-refractivity contribution is 0.257. The number of aliphatic hydroxyl groups is 1. The summed E-state index contributed by atoms with van der Waals surface area (Å²) in [5.74, 6) is 0. The van der Waals surface area contributed by atoms with Crippen LogP contribution >= 0.6 is 0 Å². The molecule has 5 nitrogen and oxygen atoms in total. The molecule has 1 aliphatic rings. The van der Waals surface area contributed by atoms with Crippen LogP contribution in [0.25, 0.3) is 0 Å². The highest BCUT2D eigenvalue weighted by Gasteiger charge is 2.34. The van der Waals surface area contributed by atoms with Gasteiger partial charge in [0.2, 0.25) is 10.0 Å². The van der Waals surface area contributed by atoms with Gasteiger partial charge in [-0.3, -0.25) is 0 Å². The second-order valence-electron chi connectivity index (χ2n) is 4.44. The topological polar surface area (TPSA) is 69.6 Å². The van der Waals surface area contributed by atoms with Gasteiger partial charge in [-0.15, -0.1) is 0 Å². The molecule has 0 saturated carbocycles. The van der Waals surface area contributed by atoms with E-state index in [2.05, 4.69) is 5.32 Å². The molecule has 0 bridgehead atoms. The first kappa shape index (κ1) is 13.9. The summed E-state index contributed by atoms with van der Waals surface area (Å²) >= 11 is 0. The summed E-state index contributed by atoms with van der Waals surface area (Å²) in [7, 11) is -3.21. The maximum atomic E-state index is 12.3. The minimum atomic E-state index is -3.21. The Morgan fingerprint density at radius 2 is 2.19 bits per heavy atom. The number of nitrogens with zero attached hydrogens (tertiary/aromatic N) is 1. The second-order valence-corrected chi connectivity index (χ2v) is 6.61. The Bertz CT molecular complexity index is 297. The van der Waals surface area contributed by atoms with E-state index < -0.39 is 10.0 Å².